The van der Waals surface area contributed by atoms with Crippen LogP contribution < -0.4 is 4.72 Å². The van der Waals surface area contributed by atoms with Crippen LogP contribution in [0, 0.1) is 0 Å². The molecule has 0 aliphatic carbocycles. The molecule has 206 valence electrons. The Morgan fingerprint density at radius 3 is 2.33 bits per heavy atom. The second kappa shape index (κ2) is 11.8. The van der Waals surface area contributed by atoms with E-state index in [0.29, 0.717) is 17.7 Å². The number of benzene rings is 3. The van der Waals surface area contributed by atoms with Crippen molar-refractivity contribution in [2.75, 3.05) is 4.72 Å². The first-order valence-corrected chi connectivity index (χ1v) is 15.5. The van der Waals surface area contributed by atoms with Crippen molar-refractivity contribution in [3.8, 4) is 0 Å². The van der Waals surface area contributed by atoms with Crippen molar-refractivity contribution < 1.29 is 23.1 Å². The lowest BCUT2D eigenvalue weighted by atomic mass is 9.75. The molecule has 2 heterocycles. The van der Waals surface area contributed by atoms with Crippen molar-refractivity contribution >= 4 is 33.3 Å². The largest absolute Gasteiger partial charge is 0.512 e. The minimum Gasteiger partial charge on any atom is -0.512 e. The summed E-state index contributed by atoms with van der Waals surface area (Å²) in [7, 11) is -3.83. The van der Waals surface area contributed by atoms with Crippen LogP contribution in [0.15, 0.2) is 112 Å². The molecule has 3 aromatic carbocycles. The summed E-state index contributed by atoms with van der Waals surface area (Å²) in [5.74, 6) is -0.135. The Hall–Kier alpha value is -3.79. The molecule has 1 aromatic heterocycles. The van der Waals surface area contributed by atoms with Crippen LogP contribution in [0.3, 0.4) is 0 Å². The van der Waals surface area contributed by atoms with Crippen molar-refractivity contribution in [1.82, 2.24) is 4.98 Å². The van der Waals surface area contributed by atoms with Crippen molar-refractivity contribution in [1.29, 1.82) is 0 Å². The zero-order valence-electron chi connectivity index (χ0n) is 21.9. The average molecular weight is 575 g/mol. The van der Waals surface area contributed by atoms with Gasteiger partial charge in [0.2, 0.25) is 0 Å². The van der Waals surface area contributed by atoms with E-state index in [9.17, 15) is 18.3 Å². The summed E-state index contributed by atoms with van der Waals surface area (Å²) < 4.78 is 35.0. The van der Waals surface area contributed by atoms with Gasteiger partial charge in [-0.15, -0.1) is 11.3 Å². The van der Waals surface area contributed by atoms with Crippen LogP contribution in [0.5, 0.6) is 0 Å². The molecule has 0 fully saturated rings. The molecule has 2 unspecified atom stereocenters. The quantitative estimate of drug-likeness (QED) is 0.208. The molecule has 5 rings (SSSR count). The lowest BCUT2D eigenvalue weighted by molar-refractivity contribution is -0.116. The van der Waals surface area contributed by atoms with Gasteiger partial charge in [-0.1, -0.05) is 79.7 Å². The number of aliphatic hydroxyl groups excluding tert-OH is 1. The molecule has 4 aromatic rings. The molecule has 7 nitrogen and oxygen atoms in total. The average Bonchev–Trinajstić information content (AvgIpc) is 3.52. The highest BCUT2D eigenvalue weighted by molar-refractivity contribution is 7.92. The minimum absolute atomic E-state index is 0.0415. The first-order valence-electron chi connectivity index (χ1n) is 13.0. The second-order valence-corrected chi connectivity index (χ2v) is 12.0. The van der Waals surface area contributed by atoms with E-state index in [1.54, 1.807) is 18.2 Å². The van der Waals surface area contributed by atoms with E-state index in [4.69, 9.17) is 4.74 Å². The highest BCUT2D eigenvalue weighted by atomic mass is 32.2. The number of nitrogens with one attached hydrogen (secondary N) is 1. The number of nitrogens with zero attached hydrogens (tertiary/aromatic N) is 1. The van der Waals surface area contributed by atoms with Crippen LogP contribution in [-0.4, -0.2) is 30.9 Å². The molecule has 0 amide bonds. The standard InChI is InChI=1S/C31H30N2O5S2/c1-2-26(22-10-9-15-25(18-22)33-40(36,37)29-20-39-21-32-29)30-27(35)19-31(38-28(30)16-17-34,23-11-5-3-6-12-23)24-13-7-4-8-14-24/h3-15,17-18,20-21,26,28,33,35H,2,16,19H2,1H3. The number of thiazole rings is 1. The molecular weight excluding hydrogens is 544 g/mol. The Morgan fingerprint density at radius 1 is 1.07 bits per heavy atom. The summed E-state index contributed by atoms with van der Waals surface area (Å²) in [5, 5.41) is 13.2. The predicted octanol–water partition coefficient (Wildman–Crippen LogP) is 6.57. The highest BCUT2D eigenvalue weighted by Gasteiger charge is 2.45. The van der Waals surface area contributed by atoms with Gasteiger partial charge in [-0.3, -0.25) is 4.72 Å². The number of ether oxygens (including phenoxy) is 1. The summed E-state index contributed by atoms with van der Waals surface area (Å²) in [6.45, 7) is 1.99. The zero-order chi connectivity index (χ0) is 28.2. The molecule has 0 radical (unpaired) electrons. The number of carbonyl (C=O) groups excluding carboxylic acids is 1. The van der Waals surface area contributed by atoms with Gasteiger partial charge < -0.3 is 14.6 Å². The fourth-order valence-corrected chi connectivity index (χ4v) is 7.36. The Kier molecular flexibility index (Phi) is 8.16. The number of aldehydes is 1. The van der Waals surface area contributed by atoms with Gasteiger partial charge in [0.1, 0.15) is 11.9 Å². The van der Waals surface area contributed by atoms with E-state index < -0.39 is 21.7 Å². The van der Waals surface area contributed by atoms with Gasteiger partial charge >= 0.3 is 0 Å². The van der Waals surface area contributed by atoms with Crippen molar-refractivity contribution in [2.45, 2.75) is 48.8 Å². The van der Waals surface area contributed by atoms with E-state index >= 15 is 0 Å². The first kappa shape index (κ1) is 27.8. The van der Waals surface area contributed by atoms with E-state index in [-0.39, 0.29) is 29.5 Å². The van der Waals surface area contributed by atoms with Gasteiger partial charge in [0.25, 0.3) is 10.0 Å². The van der Waals surface area contributed by atoms with Crippen molar-refractivity contribution in [3.63, 3.8) is 0 Å². The van der Waals surface area contributed by atoms with Crippen LogP contribution >= 0.6 is 11.3 Å². The number of sulfonamides is 1. The molecule has 0 spiro atoms. The second-order valence-electron chi connectivity index (χ2n) is 9.67. The topological polar surface area (TPSA) is 106 Å². The maximum absolute atomic E-state index is 12.8. The molecule has 2 N–H and O–H groups in total. The van der Waals surface area contributed by atoms with Crippen LogP contribution in [0.25, 0.3) is 0 Å². The maximum Gasteiger partial charge on any atom is 0.280 e. The third kappa shape index (κ3) is 5.45. The summed E-state index contributed by atoms with van der Waals surface area (Å²) in [5.41, 5.74) is 4.08. The molecule has 1 aliphatic rings. The van der Waals surface area contributed by atoms with Gasteiger partial charge in [0, 0.05) is 35.4 Å². The van der Waals surface area contributed by atoms with E-state index in [0.717, 1.165) is 23.0 Å². The predicted molar refractivity (Wildman–Crippen MR) is 156 cm³/mol. The number of hydrogen-bond donors (Lipinski definition) is 2. The normalized spacial score (nSPS) is 17.8. The number of anilines is 1. The SMILES string of the molecule is CCC(C1=C(O)CC(c2ccccc2)(c2ccccc2)OC1CC=O)c1cccc(NS(=O)(=O)c2cscn2)c1. The van der Waals surface area contributed by atoms with Gasteiger partial charge in [-0.25, -0.2) is 4.98 Å². The van der Waals surface area contributed by atoms with Crippen molar-refractivity contribution in [2.24, 2.45) is 0 Å². The molecule has 9 heteroatoms. The van der Waals surface area contributed by atoms with Crippen LogP contribution in [0.4, 0.5) is 5.69 Å². The Balaban J connectivity index is 1.56. The minimum atomic E-state index is -3.83. The summed E-state index contributed by atoms with van der Waals surface area (Å²) in [4.78, 5) is 15.8. The van der Waals surface area contributed by atoms with Crippen LogP contribution in [0.2, 0.25) is 0 Å². The van der Waals surface area contributed by atoms with Crippen LogP contribution in [-0.2, 0) is 25.2 Å². The molecule has 0 bridgehead atoms. The monoisotopic (exact) mass is 574 g/mol. The fourth-order valence-electron chi connectivity index (χ4n) is 5.48. The van der Waals surface area contributed by atoms with Gasteiger partial charge in [0.05, 0.1) is 17.4 Å². The van der Waals surface area contributed by atoms with Gasteiger partial charge in [0.15, 0.2) is 5.03 Å². The Bertz CT molecular complexity index is 1550. The third-order valence-corrected chi connectivity index (χ3v) is 9.25. The Morgan fingerprint density at radius 2 is 1.75 bits per heavy atom. The zero-order valence-corrected chi connectivity index (χ0v) is 23.6. The smallest absolute Gasteiger partial charge is 0.280 e. The lowest BCUT2D eigenvalue weighted by Crippen LogP contribution is -2.42. The van der Waals surface area contributed by atoms with Gasteiger partial charge in [-0.05, 0) is 35.2 Å². The highest BCUT2D eigenvalue weighted by Crippen LogP contribution is 2.49. The van der Waals surface area contributed by atoms with Crippen molar-refractivity contribution in [3.05, 3.63) is 124 Å². The first-order chi connectivity index (χ1) is 19.4. The molecule has 2 atom stereocenters. The molecular formula is C31H30N2O5S2. The summed E-state index contributed by atoms with van der Waals surface area (Å²) >= 11 is 1.20. The molecule has 0 saturated heterocycles. The lowest BCUT2D eigenvalue weighted by Gasteiger charge is -2.44. The fraction of sp³-hybridized carbons (Fsp3) is 0.226. The van der Waals surface area contributed by atoms with E-state index in [1.807, 2.05) is 73.7 Å². The molecule has 1 aliphatic heterocycles. The number of rotatable bonds is 10. The third-order valence-electron chi connectivity index (χ3n) is 7.24. The number of carbonyl (C=O) groups is 1. The Labute approximate surface area is 238 Å². The van der Waals surface area contributed by atoms with E-state index in [2.05, 4.69) is 9.71 Å². The van der Waals surface area contributed by atoms with E-state index in [1.165, 1.54) is 22.2 Å². The molecule has 0 saturated carbocycles. The molecule has 40 heavy (non-hydrogen) atoms. The summed E-state index contributed by atoms with van der Waals surface area (Å²) in [6, 6.07) is 26.6. The number of aromatic nitrogens is 1. The summed E-state index contributed by atoms with van der Waals surface area (Å²) in [6.07, 6.45) is 0.984. The van der Waals surface area contributed by atoms with Crippen LogP contribution in [0.1, 0.15) is 48.8 Å². The number of hydrogen-bond acceptors (Lipinski definition) is 7. The number of aliphatic hydroxyl groups is 1. The van der Waals surface area contributed by atoms with Gasteiger partial charge in [-0.2, -0.15) is 8.42 Å². The maximum atomic E-state index is 12.8.